The number of hydrogen-bond donors (Lipinski definition) is 1. The number of anilines is 1. The summed E-state index contributed by atoms with van der Waals surface area (Å²) in [6, 6.07) is 9.43. The standard InChI is InChI=1S/C21H18BrN3O2S/c1-4-27-21(26)19-13(3)25-20(28-19)15-10-14(18(23)17(22)11-15)8-9-16-7-5-6-12(2)24-16/h5-7,10-11H,4,23H2,1-3H3. The molecular formula is C21H18BrN3O2S. The highest BCUT2D eigenvalue weighted by Crippen LogP contribution is 2.34. The third-order valence-electron chi connectivity index (χ3n) is 3.85. The smallest absolute Gasteiger partial charge is 0.350 e. The molecule has 1 aromatic carbocycles. The molecule has 2 heterocycles. The van der Waals surface area contributed by atoms with Gasteiger partial charge in [-0.05, 0) is 66.9 Å². The minimum absolute atomic E-state index is 0.325. The Bertz CT molecular complexity index is 1110. The van der Waals surface area contributed by atoms with Crippen molar-refractivity contribution >= 4 is 38.9 Å². The van der Waals surface area contributed by atoms with Gasteiger partial charge in [0.05, 0.1) is 18.0 Å². The lowest BCUT2D eigenvalue weighted by atomic mass is 10.1. The maximum Gasteiger partial charge on any atom is 0.350 e. The molecule has 0 unspecified atom stereocenters. The molecule has 0 radical (unpaired) electrons. The normalized spacial score (nSPS) is 10.3. The van der Waals surface area contributed by atoms with E-state index >= 15 is 0 Å². The number of esters is 1. The number of thiazole rings is 1. The molecule has 0 spiro atoms. The molecule has 0 aliphatic heterocycles. The lowest BCUT2D eigenvalue weighted by molar-refractivity contribution is 0.0531. The minimum Gasteiger partial charge on any atom is -0.462 e. The van der Waals surface area contributed by atoms with Crippen molar-refractivity contribution in [3.63, 3.8) is 0 Å². The zero-order chi connectivity index (χ0) is 20.3. The van der Waals surface area contributed by atoms with Crippen molar-refractivity contribution in [3.05, 3.63) is 62.3 Å². The Labute approximate surface area is 176 Å². The first-order valence-electron chi connectivity index (χ1n) is 8.58. The number of carbonyl (C=O) groups is 1. The Morgan fingerprint density at radius 3 is 2.75 bits per heavy atom. The quantitative estimate of drug-likeness (QED) is 0.350. The summed E-state index contributed by atoms with van der Waals surface area (Å²) in [5.41, 5.74) is 10.4. The summed E-state index contributed by atoms with van der Waals surface area (Å²) >= 11 is 4.78. The zero-order valence-corrected chi connectivity index (χ0v) is 18.1. The van der Waals surface area contributed by atoms with Gasteiger partial charge in [0.25, 0.3) is 0 Å². The maximum absolute atomic E-state index is 12.1. The van der Waals surface area contributed by atoms with Crippen molar-refractivity contribution in [1.29, 1.82) is 0 Å². The van der Waals surface area contributed by atoms with Gasteiger partial charge in [0.1, 0.15) is 15.6 Å². The third kappa shape index (κ3) is 4.41. The first-order valence-corrected chi connectivity index (χ1v) is 10.2. The van der Waals surface area contributed by atoms with Crippen LogP contribution in [0.15, 0.2) is 34.8 Å². The molecule has 0 aliphatic rings. The van der Waals surface area contributed by atoms with Gasteiger partial charge in [-0.15, -0.1) is 11.3 Å². The summed E-state index contributed by atoms with van der Waals surface area (Å²) in [6.07, 6.45) is 0. The second-order valence-corrected chi connectivity index (χ2v) is 7.84. The Morgan fingerprint density at radius 2 is 2.04 bits per heavy atom. The van der Waals surface area contributed by atoms with E-state index in [2.05, 4.69) is 37.7 Å². The van der Waals surface area contributed by atoms with Gasteiger partial charge in [-0.1, -0.05) is 12.0 Å². The van der Waals surface area contributed by atoms with Crippen molar-refractivity contribution in [2.24, 2.45) is 0 Å². The monoisotopic (exact) mass is 455 g/mol. The van der Waals surface area contributed by atoms with E-state index < -0.39 is 0 Å². The molecule has 142 valence electrons. The summed E-state index contributed by atoms with van der Waals surface area (Å²) in [7, 11) is 0. The molecule has 3 aromatic rings. The number of nitrogens with zero attached hydrogens (tertiary/aromatic N) is 2. The number of aryl methyl sites for hydroxylation is 2. The first kappa shape index (κ1) is 20.1. The van der Waals surface area contributed by atoms with Gasteiger partial charge in [-0.3, -0.25) is 0 Å². The number of aromatic nitrogens is 2. The fourth-order valence-electron chi connectivity index (χ4n) is 2.49. The largest absolute Gasteiger partial charge is 0.462 e. The van der Waals surface area contributed by atoms with Crippen LogP contribution in [-0.4, -0.2) is 22.5 Å². The van der Waals surface area contributed by atoms with Crippen LogP contribution in [0.3, 0.4) is 0 Å². The van der Waals surface area contributed by atoms with Crippen LogP contribution in [0.1, 0.15) is 39.2 Å². The number of nitrogens with two attached hydrogens (primary N) is 1. The van der Waals surface area contributed by atoms with Gasteiger partial charge in [-0.2, -0.15) is 0 Å². The predicted octanol–water partition coefficient (Wildman–Crippen LogP) is 4.74. The average molecular weight is 456 g/mol. The zero-order valence-electron chi connectivity index (χ0n) is 15.7. The van der Waals surface area contributed by atoms with Gasteiger partial charge >= 0.3 is 5.97 Å². The van der Waals surface area contributed by atoms with E-state index in [-0.39, 0.29) is 5.97 Å². The van der Waals surface area contributed by atoms with Crippen LogP contribution in [0.25, 0.3) is 10.6 Å². The minimum atomic E-state index is -0.358. The molecule has 2 aromatic heterocycles. The number of halogens is 1. The van der Waals surface area contributed by atoms with Crippen LogP contribution >= 0.6 is 27.3 Å². The number of rotatable bonds is 3. The number of hydrogen-bond acceptors (Lipinski definition) is 6. The molecule has 0 saturated heterocycles. The Kier molecular flexibility index (Phi) is 6.12. The molecule has 0 saturated carbocycles. The fourth-order valence-corrected chi connectivity index (χ4v) is 3.90. The number of carbonyl (C=O) groups excluding carboxylic acids is 1. The molecule has 28 heavy (non-hydrogen) atoms. The van der Waals surface area contributed by atoms with Crippen LogP contribution in [0, 0.1) is 25.7 Å². The SMILES string of the molecule is CCOC(=O)c1sc(-c2cc(Br)c(N)c(C#Cc3cccc(C)n3)c2)nc1C. The van der Waals surface area contributed by atoms with Gasteiger partial charge in [-0.25, -0.2) is 14.8 Å². The van der Waals surface area contributed by atoms with E-state index in [0.717, 1.165) is 15.7 Å². The van der Waals surface area contributed by atoms with E-state index in [9.17, 15) is 4.79 Å². The molecule has 0 bridgehead atoms. The molecule has 0 atom stereocenters. The van der Waals surface area contributed by atoms with E-state index in [1.807, 2.05) is 37.3 Å². The maximum atomic E-state index is 12.1. The van der Waals surface area contributed by atoms with E-state index in [1.165, 1.54) is 11.3 Å². The fraction of sp³-hybridized carbons (Fsp3) is 0.190. The Hall–Kier alpha value is -2.69. The van der Waals surface area contributed by atoms with Crippen molar-refractivity contribution in [3.8, 4) is 22.4 Å². The molecule has 5 nitrogen and oxygen atoms in total. The molecule has 0 fully saturated rings. The van der Waals surface area contributed by atoms with Crippen LogP contribution < -0.4 is 5.73 Å². The highest BCUT2D eigenvalue weighted by Gasteiger charge is 2.18. The van der Waals surface area contributed by atoms with Gasteiger partial charge in [0.2, 0.25) is 0 Å². The van der Waals surface area contributed by atoms with Crippen LogP contribution in [0.2, 0.25) is 0 Å². The predicted molar refractivity (Wildman–Crippen MR) is 115 cm³/mol. The Balaban J connectivity index is 2.01. The van der Waals surface area contributed by atoms with Crippen LogP contribution in [0.5, 0.6) is 0 Å². The molecule has 7 heteroatoms. The third-order valence-corrected chi connectivity index (χ3v) is 5.69. The number of ether oxygens (including phenoxy) is 1. The first-order chi connectivity index (χ1) is 13.4. The topological polar surface area (TPSA) is 78.1 Å². The molecule has 2 N–H and O–H groups in total. The average Bonchev–Trinajstić information content (AvgIpc) is 3.05. The summed E-state index contributed by atoms with van der Waals surface area (Å²) in [5, 5.41) is 0.706. The van der Waals surface area contributed by atoms with Gasteiger partial charge < -0.3 is 10.5 Å². The van der Waals surface area contributed by atoms with E-state index in [0.29, 0.717) is 39.1 Å². The number of pyridine rings is 1. The summed E-state index contributed by atoms with van der Waals surface area (Å²) in [6.45, 7) is 5.82. The van der Waals surface area contributed by atoms with Crippen molar-refractivity contribution in [2.75, 3.05) is 12.3 Å². The van der Waals surface area contributed by atoms with Gasteiger partial charge in [0, 0.05) is 21.3 Å². The van der Waals surface area contributed by atoms with Crippen molar-refractivity contribution < 1.29 is 9.53 Å². The number of nitrogen functional groups attached to an aromatic ring is 1. The van der Waals surface area contributed by atoms with Crippen molar-refractivity contribution in [1.82, 2.24) is 9.97 Å². The van der Waals surface area contributed by atoms with Crippen molar-refractivity contribution in [2.45, 2.75) is 20.8 Å². The van der Waals surface area contributed by atoms with Crippen LogP contribution in [0.4, 0.5) is 5.69 Å². The Morgan fingerprint density at radius 1 is 1.25 bits per heavy atom. The molecule has 0 aliphatic carbocycles. The van der Waals surface area contributed by atoms with Gasteiger partial charge in [0.15, 0.2) is 0 Å². The lowest BCUT2D eigenvalue weighted by Crippen LogP contribution is -2.03. The molecule has 3 rings (SSSR count). The lowest BCUT2D eigenvalue weighted by Gasteiger charge is -2.05. The second kappa shape index (κ2) is 8.55. The molecule has 0 amide bonds. The summed E-state index contributed by atoms with van der Waals surface area (Å²) in [5.74, 6) is 5.78. The highest BCUT2D eigenvalue weighted by atomic mass is 79.9. The summed E-state index contributed by atoms with van der Waals surface area (Å²) in [4.78, 5) is 21.5. The highest BCUT2D eigenvalue weighted by molar-refractivity contribution is 9.10. The summed E-state index contributed by atoms with van der Waals surface area (Å²) < 4.78 is 5.81. The van der Waals surface area contributed by atoms with Crippen LogP contribution in [-0.2, 0) is 4.74 Å². The van der Waals surface area contributed by atoms with E-state index in [1.54, 1.807) is 13.8 Å². The molecular weight excluding hydrogens is 438 g/mol. The van der Waals surface area contributed by atoms with E-state index in [4.69, 9.17) is 10.5 Å². The number of benzene rings is 1. The second-order valence-electron chi connectivity index (χ2n) is 5.99.